The van der Waals surface area contributed by atoms with Crippen molar-refractivity contribution in [2.75, 3.05) is 26.4 Å². The summed E-state index contributed by atoms with van der Waals surface area (Å²) in [6, 6.07) is 0. The van der Waals surface area contributed by atoms with E-state index in [9.17, 15) is 4.79 Å². The number of thioether (sulfide) groups is 1. The van der Waals surface area contributed by atoms with Gasteiger partial charge in [0.25, 0.3) is 0 Å². The summed E-state index contributed by atoms with van der Waals surface area (Å²) in [5, 5.41) is -0.0417. The number of nitrogens with two attached hydrogens (primary N) is 1. The van der Waals surface area contributed by atoms with Gasteiger partial charge in [0, 0.05) is 12.3 Å². The minimum Gasteiger partial charge on any atom is -0.309 e. The van der Waals surface area contributed by atoms with Crippen molar-refractivity contribution in [1.82, 2.24) is 10.3 Å². The van der Waals surface area contributed by atoms with Gasteiger partial charge in [0.05, 0.1) is 5.25 Å². The van der Waals surface area contributed by atoms with Gasteiger partial charge in [-0.15, -0.1) is 11.8 Å². The largest absolute Gasteiger partial charge is 0.309 e. The fraction of sp³-hybridized carbons (Fsp3) is 0.889. The molecule has 0 aliphatic carbocycles. The van der Waals surface area contributed by atoms with Crippen LogP contribution in [0.1, 0.15) is 13.8 Å². The van der Waals surface area contributed by atoms with E-state index in [2.05, 4.69) is 10.3 Å². The van der Waals surface area contributed by atoms with E-state index in [1.165, 1.54) is 0 Å². The van der Waals surface area contributed by atoms with Gasteiger partial charge in [0.2, 0.25) is 5.91 Å². The second kappa shape index (κ2) is 7.09. The Morgan fingerprint density at radius 1 is 1.50 bits per heavy atom. The number of carbonyl (C=O) groups excluding carboxylic acids is 1. The molecule has 0 aliphatic rings. The van der Waals surface area contributed by atoms with E-state index >= 15 is 0 Å². The fourth-order valence-electron chi connectivity index (χ4n) is 1.02. The van der Waals surface area contributed by atoms with Gasteiger partial charge < -0.3 is 4.90 Å². The van der Waals surface area contributed by atoms with Crippen molar-refractivity contribution in [3.63, 3.8) is 0 Å². The maximum atomic E-state index is 11.4. The highest BCUT2D eigenvalue weighted by atomic mass is 32.2. The van der Waals surface area contributed by atoms with E-state index < -0.39 is 0 Å². The van der Waals surface area contributed by atoms with Crippen LogP contribution in [0.2, 0.25) is 0 Å². The van der Waals surface area contributed by atoms with E-state index in [-0.39, 0.29) is 11.2 Å². The van der Waals surface area contributed by atoms with Gasteiger partial charge in [-0.25, -0.2) is 5.84 Å². The normalized spacial score (nSPS) is 13.4. The molecule has 0 radical (unpaired) electrons. The molecular formula is C9H21N3OS. The molecule has 84 valence electrons. The highest BCUT2D eigenvalue weighted by molar-refractivity contribution is 8.00. The average molecular weight is 219 g/mol. The van der Waals surface area contributed by atoms with Crippen molar-refractivity contribution < 1.29 is 4.79 Å². The lowest BCUT2D eigenvalue weighted by molar-refractivity contribution is -0.121. The van der Waals surface area contributed by atoms with Crippen LogP contribution in [-0.4, -0.2) is 42.4 Å². The van der Waals surface area contributed by atoms with Crippen molar-refractivity contribution in [3.05, 3.63) is 0 Å². The Balaban J connectivity index is 3.92. The number of hydrogen-bond acceptors (Lipinski definition) is 4. The molecule has 0 aromatic carbocycles. The summed E-state index contributed by atoms with van der Waals surface area (Å²) in [5.41, 5.74) is 2.21. The molecule has 1 unspecified atom stereocenters. The van der Waals surface area contributed by atoms with Gasteiger partial charge in [-0.2, -0.15) is 0 Å². The zero-order valence-corrected chi connectivity index (χ0v) is 10.2. The number of amides is 1. The summed E-state index contributed by atoms with van der Waals surface area (Å²) in [6.45, 7) is 5.04. The Hall–Kier alpha value is -0.260. The van der Waals surface area contributed by atoms with E-state index in [0.717, 1.165) is 12.3 Å². The summed E-state index contributed by atoms with van der Waals surface area (Å²) in [4.78, 5) is 13.5. The third-order valence-electron chi connectivity index (χ3n) is 1.84. The topological polar surface area (TPSA) is 58.4 Å². The Kier molecular flexibility index (Phi) is 6.96. The summed E-state index contributed by atoms with van der Waals surface area (Å²) in [5.74, 6) is 6.30. The molecule has 0 aromatic rings. The summed E-state index contributed by atoms with van der Waals surface area (Å²) < 4.78 is 0. The van der Waals surface area contributed by atoms with Crippen LogP contribution in [0.5, 0.6) is 0 Å². The molecule has 1 amide bonds. The Bertz CT molecular complexity index is 173. The van der Waals surface area contributed by atoms with Crippen LogP contribution in [0.4, 0.5) is 0 Å². The zero-order valence-electron chi connectivity index (χ0n) is 9.41. The molecule has 0 saturated carbocycles. The molecule has 0 saturated heterocycles. The summed E-state index contributed by atoms with van der Waals surface area (Å²) in [7, 11) is 4.04. The van der Waals surface area contributed by atoms with Crippen LogP contribution >= 0.6 is 11.8 Å². The molecule has 0 heterocycles. The number of hydrogen-bond donors (Lipinski definition) is 2. The molecule has 5 heteroatoms. The fourth-order valence-corrected chi connectivity index (χ4v) is 2.34. The molecule has 0 rings (SSSR count). The van der Waals surface area contributed by atoms with Crippen molar-refractivity contribution in [2.45, 2.75) is 19.1 Å². The van der Waals surface area contributed by atoms with Crippen LogP contribution in [0.15, 0.2) is 0 Å². The molecule has 0 spiro atoms. The van der Waals surface area contributed by atoms with Crippen molar-refractivity contribution in [3.8, 4) is 0 Å². The first kappa shape index (κ1) is 13.7. The highest BCUT2D eigenvalue weighted by Gasteiger charge is 2.21. The first-order chi connectivity index (χ1) is 6.49. The van der Waals surface area contributed by atoms with Crippen molar-refractivity contribution >= 4 is 17.7 Å². The third-order valence-corrected chi connectivity index (χ3v) is 3.38. The van der Waals surface area contributed by atoms with Crippen LogP contribution in [0.25, 0.3) is 0 Å². The van der Waals surface area contributed by atoms with Crippen LogP contribution in [-0.2, 0) is 4.79 Å². The van der Waals surface area contributed by atoms with Gasteiger partial charge in [-0.1, -0.05) is 13.8 Å². The van der Waals surface area contributed by atoms with Crippen molar-refractivity contribution in [1.29, 1.82) is 0 Å². The zero-order chi connectivity index (χ0) is 11.1. The Morgan fingerprint density at radius 2 is 2.07 bits per heavy atom. The van der Waals surface area contributed by atoms with Crippen LogP contribution in [0, 0.1) is 5.92 Å². The molecule has 4 nitrogen and oxygen atoms in total. The smallest absolute Gasteiger partial charge is 0.247 e. The van der Waals surface area contributed by atoms with E-state index in [0.29, 0.717) is 5.92 Å². The predicted molar refractivity (Wildman–Crippen MR) is 62.0 cm³/mol. The van der Waals surface area contributed by atoms with Crippen molar-refractivity contribution in [2.24, 2.45) is 11.8 Å². The molecule has 1 atom stereocenters. The van der Waals surface area contributed by atoms with Gasteiger partial charge in [-0.3, -0.25) is 10.2 Å². The number of nitrogens with one attached hydrogen (secondary N) is 1. The Labute approximate surface area is 90.6 Å². The number of rotatable bonds is 6. The maximum absolute atomic E-state index is 11.4. The molecule has 0 fully saturated rings. The molecule has 0 aromatic heterocycles. The average Bonchev–Trinajstić information content (AvgIpc) is 2.10. The number of hydrazine groups is 1. The first-order valence-corrected chi connectivity index (χ1v) is 5.80. The molecule has 14 heavy (non-hydrogen) atoms. The van der Waals surface area contributed by atoms with E-state index in [1.807, 2.05) is 27.9 Å². The molecule has 0 bridgehead atoms. The number of nitrogens with zero attached hydrogens (tertiary/aromatic N) is 1. The van der Waals surface area contributed by atoms with Crippen LogP contribution in [0.3, 0.4) is 0 Å². The lowest BCUT2D eigenvalue weighted by atomic mass is 10.1. The Morgan fingerprint density at radius 3 is 2.43 bits per heavy atom. The SMILES string of the molecule is CC(C)C(SCCN(C)C)C(=O)NN. The number of carbonyl (C=O) groups is 1. The lowest BCUT2D eigenvalue weighted by Crippen LogP contribution is -2.40. The summed E-state index contributed by atoms with van der Waals surface area (Å²) in [6.07, 6.45) is 0. The quantitative estimate of drug-likeness (QED) is 0.383. The molecule has 0 aliphatic heterocycles. The third kappa shape index (κ3) is 5.47. The van der Waals surface area contributed by atoms with E-state index in [1.54, 1.807) is 11.8 Å². The minimum absolute atomic E-state index is 0.0417. The summed E-state index contributed by atoms with van der Waals surface area (Å²) >= 11 is 1.66. The van der Waals surface area contributed by atoms with Crippen LogP contribution < -0.4 is 11.3 Å². The first-order valence-electron chi connectivity index (χ1n) is 4.75. The second-order valence-electron chi connectivity index (χ2n) is 3.85. The maximum Gasteiger partial charge on any atom is 0.247 e. The standard InChI is InChI=1S/C9H21N3OS/c1-7(2)8(9(13)11-10)14-6-5-12(3)4/h7-8H,5-6,10H2,1-4H3,(H,11,13). The van der Waals surface area contributed by atoms with Gasteiger partial charge >= 0.3 is 0 Å². The molecular weight excluding hydrogens is 198 g/mol. The molecule has 3 N–H and O–H groups in total. The predicted octanol–water partition coefficient (Wildman–Crippen LogP) is 0.296. The lowest BCUT2D eigenvalue weighted by Gasteiger charge is -2.19. The van der Waals surface area contributed by atoms with E-state index in [4.69, 9.17) is 5.84 Å². The van der Waals surface area contributed by atoms with Gasteiger partial charge in [0.1, 0.15) is 0 Å². The second-order valence-corrected chi connectivity index (χ2v) is 5.10. The van der Waals surface area contributed by atoms with Gasteiger partial charge in [-0.05, 0) is 20.0 Å². The minimum atomic E-state index is -0.0799. The monoisotopic (exact) mass is 219 g/mol. The highest BCUT2D eigenvalue weighted by Crippen LogP contribution is 2.19. The van der Waals surface area contributed by atoms with Gasteiger partial charge in [0.15, 0.2) is 0 Å².